The third-order valence-corrected chi connectivity index (χ3v) is 9.88. The Labute approximate surface area is 264 Å². The number of quaternary nitrogens is 1. The van der Waals surface area contributed by atoms with Crippen molar-refractivity contribution in [3.8, 4) is 0 Å². The van der Waals surface area contributed by atoms with Gasteiger partial charge in [0, 0.05) is 13.2 Å². The molecule has 2 saturated heterocycles. The summed E-state index contributed by atoms with van der Waals surface area (Å²) < 4.78 is 49.8. The van der Waals surface area contributed by atoms with Crippen molar-refractivity contribution in [3.05, 3.63) is 29.8 Å². The average molecular weight is 626 g/mol. The fraction of sp³-hybridized carbons (Fsp3) is 0.829. The average Bonchev–Trinajstić information content (AvgIpc) is 3.43. The zero-order valence-corrected chi connectivity index (χ0v) is 28.6. The van der Waals surface area contributed by atoms with Gasteiger partial charge in [0.2, 0.25) is 0 Å². The Bertz CT molecular complexity index is 917. The minimum absolute atomic E-state index is 0.178. The Hall–Kier alpha value is -1.03. The van der Waals surface area contributed by atoms with Crippen molar-refractivity contribution in [1.82, 2.24) is 0 Å². The highest BCUT2D eigenvalue weighted by molar-refractivity contribution is 7.85. The molecule has 1 aromatic carbocycles. The highest BCUT2D eigenvalue weighted by Gasteiger charge is 2.26. The molecule has 0 unspecified atom stereocenters. The normalized spacial score (nSPS) is 20.1. The van der Waals surface area contributed by atoms with Crippen molar-refractivity contribution in [2.24, 2.45) is 5.92 Å². The molecule has 7 nitrogen and oxygen atoms in total. The number of hydrogen-bond acceptors (Lipinski definition) is 6. The molecule has 2 aliphatic heterocycles. The number of benzene rings is 1. The van der Waals surface area contributed by atoms with Crippen molar-refractivity contribution in [2.75, 3.05) is 59.7 Å². The van der Waals surface area contributed by atoms with Gasteiger partial charge in [0.05, 0.1) is 44.4 Å². The van der Waals surface area contributed by atoms with E-state index in [0.717, 1.165) is 57.6 Å². The molecule has 2 fully saturated rings. The number of ether oxygens (including phenoxy) is 3. The first-order valence-electron chi connectivity index (χ1n) is 17.3. The fourth-order valence-electron chi connectivity index (χ4n) is 6.00. The lowest BCUT2D eigenvalue weighted by Gasteiger charge is -2.37. The van der Waals surface area contributed by atoms with Gasteiger partial charge in [0.25, 0.3) is 0 Å². The van der Waals surface area contributed by atoms with E-state index in [1.807, 2.05) is 6.92 Å². The molecular weight excluding hydrogens is 562 g/mol. The van der Waals surface area contributed by atoms with E-state index in [1.165, 1.54) is 126 Å². The Morgan fingerprint density at radius 2 is 1.44 bits per heavy atom. The monoisotopic (exact) mass is 625 g/mol. The first-order valence-corrected chi connectivity index (χ1v) is 18.8. The Morgan fingerprint density at radius 1 is 0.860 bits per heavy atom. The zero-order valence-electron chi connectivity index (χ0n) is 27.7. The lowest BCUT2D eigenvalue weighted by atomic mass is 9.97. The molecule has 1 aromatic rings. The van der Waals surface area contributed by atoms with E-state index < -0.39 is 10.1 Å². The van der Waals surface area contributed by atoms with Crippen LogP contribution in [0.2, 0.25) is 0 Å². The maximum Gasteiger partial charge on any atom is 0.124 e. The smallest absolute Gasteiger partial charge is 0.124 e. The summed E-state index contributed by atoms with van der Waals surface area (Å²) >= 11 is 0. The molecule has 2 atom stereocenters. The van der Waals surface area contributed by atoms with E-state index in [1.54, 1.807) is 12.1 Å². The van der Waals surface area contributed by atoms with Crippen molar-refractivity contribution in [1.29, 1.82) is 0 Å². The van der Waals surface area contributed by atoms with Gasteiger partial charge < -0.3 is 23.2 Å². The van der Waals surface area contributed by atoms with Crippen LogP contribution in [-0.2, 0) is 24.3 Å². The van der Waals surface area contributed by atoms with Crippen molar-refractivity contribution in [2.45, 2.75) is 128 Å². The summed E-state index contributed by atoms with van der Waals surface area (Å²) in [7, 11) is -1.90. The van der Waals surface area contributed by atoms with E-state index >= 15 is 0 Å². The molecular formula is C35H63NO6S. The summed E-state index contributed by atoms with van der Waals surface area (Å²) in [6.45, 7) is 12.2. The highest BCUT2D eigenvalue weighted by atomic mass is 32.2. The van der Waals surface area contributed by atoms with Crippen LogP contribution in [-0.4, -0.2) is 83.3 Å². The zero-order chi connectivity index (χ0) is 31.2. The first-order chi connectivity index (χ1) is 20.7. The predicted molar refractivity (Wildman–Crippen MR) is 174 cm³/mol. The van der Waals surface area contributed by atoms with Gasteiger partial charge in [-0.1, -0.05) is 102 Å². The predicted octanol–water partition coefficient (Wildman–Crippen LogP) is 7.66. The molecule has 0 bridgehead atoms. The summed E-state index contributed by atoms with van der Waals surface area (Å²) in [5.74, 6) is 0.775. The van der Waals surface area contributed by atoms with E-state index in [2.05, 4.69) is 14.0 Å². The summed E-state index contributed by atoms with van der Waals surface area (Å²) in [6.07, 6.45) is 22.5. The van der Waals surface area contributed by atoms with Gasteiger partial charge in [-0.05, 0) is 50.7 Å². The molecule has 8 heteroatoms. The lowest BCUT2D eigenvalue weighted by molar-refractivity contribution is -0.917. The van der Waals surface area contributed by atoms with Gasteiger partial charge in [0.1, 0.15) is 23.2 Å². The van der Waals surface area contributed by atoms with E-state index in [-0.39, 0.29) is 4.90 Å². The van der Waals surface area contributed by atoms with Crippen LogP contribution in [0, 0.1) is 12.8 Å². The third kappa shape index (κ3) is 18.5. The molecule has 0 aromatic heterocycles. The van der Waals surface area contributed by atoms with Gasteiger partial charge in [-0.3, -0.25) is 0 Å². The second-order valence-corrected chi connectivity index (χ2v) is 14.6. The number of likely N-dealkylation sites (N-methyl/N-ethyl adjacent to an activating group) is 1. The van der Waals surface area contributed by atoms with Gasteiger partial charge in [0.15, 0.2) is 0 Å². The van der Waals surface area contributed by atoms with Crippen molar-refractivity contribution < 1.29 is 31.7 Å². The number of nitrogens with zero attached hydrogens (tertiary/aromatic N) is 1. The second-order valence-electron chi connectivity index (χ2n) is 13.2. The molecule has 0 aliphatic carbocycles. The molecule has 2 heterocycles. The van der Waals surface area contributed by atoms with Crippen LogP contribution in [0.15, 0.2) is 29.2 Å². The number of unbranched alkanes of at least 4 members (excludes halogenated alkanes) is 12. The molecule has 250 valence electrons. The summed E-state index contributed by atoms with van der Waals surface area (Å²) in [5.41, 5.74) is 0.928. The van der Waals surface area contributed by atoms with E-state index in [0.29, 0.717) is 6.10 Å². The van der Waals surface area contributed by atoms with Crippen LogP contribution in [0.1, 0.15) is 115 Å². The first kappa shape index (κ1) is 38.2. The Morgan fingerprint density at radius 3 is 2.02 bits per heavy atom. The van der Waals surface area contributed by atoms with Gasteiger partial charge in [-0.25, -0.2) is 8.42 Å². The standard InChI is InChI=1S/C28H56NO3.C7H8O3S/c1-3-4-5-6-7-8-9-10-11-12-13-14-17-27-24-28(32-25-27)26-31-21-16-15-18-29(2)19-22-30-23-20-29;1-6-2-4-7(5-3-6)11(8,9)10/h27-28H,3-26H2,1-2H3;2-5H,1H3,(H,8,9,10)/q+1;/p-1/t27-,28+;/m0./s1. The molecule has 2 aliphatic rings. The number of aryl methyl sites for hydroxylation is 1. The number of morpholine rings is 1. The maximum absolute atomic E-state index is 10.4. The molecule has 0 radical (unpaired) electrons. The topological polar surface area (TPSA) is 84.9 Å². The number of hydrogen-bond donors (Lipinski definition) is 0. The minimum atomic E-state index is -4.27. The van der Waals surface area contributed by atoms with Gasteiger partial charge >= 0.3 is 0 Å². The van der Waals surface area contributed by atoms with Crippen LogP contribution in [0.25, 0.3) is 0 Å². The van der Waals surface area contributed by atoms with Gasteiger partial charge in [-0.2, -0.15) is 0 Å². The molecule has 3 rings (SSSR count). The molecule has 43 heavy (non-hydrogen) atoms. The maximum atomic E-state index is 10.4. The molecule has 0 saturated carbocycles. The second kappa shape index (κ2) is 22.5. The van der Waals surface area contributed by atoms with Crippen LogP contribution >= 0.6 is 0 Å². The largest absolute Gasteiger partial charge is 0.744 e. The quantitative estimate of drug-likeness (QED) is 0.0792. The fourth-order valence-corrected chi connectivity index (χ4v) is 6.47. The van der Waals surface area contributed by atoms with Crippen LogP contribution < -0.4 is 0 Å². The number of rotatable bonds is 21. The summed E-state index contributed by atoms with van der Waals surface area (Å²) in [6, 6.07) is 5.78. The Kier molecular flexibility index (Phi) is 19.9. The summed E-state index contributed by atoms with van der Waals surface area (Å²) in [4.78, 5) is -0.178. The summed E-state index contributed by atoms with van der Waals surface area (Å²) in [5, 5.41) is 0. The third-order valence-electron chi connectivity index (χ3n) is 9.03. The van der Waals surface area contributed by atoms with Crippen LogP contribution in [0.4, 0.5) is 0 Å². The van der Waals surface area contributed by atoms with E-state index in [9.17, 15) is 13.0 Å². The lowest BCUT2D eigenvalue weighted by Crippen LogP contribution is -2.52. The van der Waals surface area contributed by atoms with E-state index in [4.69, 9.17) is 14.2 Å². The molecule has 0 spiro atoms. The van der Waals surface area contributed by atoms with Crippen LogP contribution in [0.5, 0.6) is 0 Å². The molecule has 0 amide bonds. The Balaban J connectivity index is 0.000000490. The van der Waals surface area contributed by atoms with Crippen LogP contribution in [0.3, 0.4) is 0 Å². The van der Waals surface area contributed by atoms with Gasteiger partial charge in [-0.15, -0.1) is 0 Å². The molecule has 0 N–H and O–H groups in total. The van der Waals surface area contributed by atoms with Crippen molar-refractivity contribution >= 4 is 10.1 Å². The highest BCUT2D eigenvalue weighted by Crippen LogP contribution is 2.25. The van der Waals surface area contributed by atoms with Crippen molar-refractivity contribution in [3.63, 3.8) is 0 Å². The SMILES string of the molecule is CCCCCCCCCCCCCC[C@@H]1CO[C@@H](COCCCC[N+]2(C)CCOCC2)C1.Cc1ccc(S(=O)(=O)[O-])cc1. The minimum Gasteiger partial charge on any atom is -0.744 e.